The second kappa shape index (κ2) is 10.7. The highest BCUT2D eigenvalue weighted by atomic mass is 79.9. The molecule has 2 aromatic rings. The molecule has 0 atom stereocenters. The summed E-state index contributed by atoms with van der Waals surface area (Å²) in [5.41, 5.74) is 1.25. The van der Waals surface area contributed by atoms with Gasteiger partial charge in [0.25, 0.3) is 11.1 Å². The van der Waals surface area contributed by atoms with E-state index in [2.05, 4.69) is 27.8 Å². The SMILES string of the molecule is C=CCOc1ccc(Br)cc1/C=C1/SC(=O)N(CC(=O)Nc2cccc(SC)c2)C1=O. The van der Waals surface area contributed by atoms with Crippen LogP contribution in [-0.2, 0) is 9.59 Å². The summed E-state index contributed by atoms with van der Waals surface area (Å²) in [5, 5.41) is 2.23. The molecule has 1 fully saturated rings. The molecule has 31 heavy (non-hydrogen) atoms. The first kappa shape index (κ1) is 23.2. The molecule has 1 aliphatic rings. The number of thioether (sulfide) groups is 2. The fourth-order valence-corrected chi connectivity index (χ4v) is 4.40. The van der Waals surface area contributed by atoms with Crippen LogP contribution in [0.3, 0.4) is 0 Å². The summed E-state index contributed by atoms with van der Waals surface area (Å²) in [6, 6.07) is 12.7. The third kappa shape index (κ3) is 6.03. The lowest BCUT2D eigenvalue weighted by atomic mass is 10.2. The van der Waals surface area contributed by atoms with Crippen LogP contribution in [0.2, 0.25) is 0 Å². The predicted molar refractivity (Wildman–Crippen MR) is 129 cm³/mol. The third-order valence-corrected chi connectivity index (χ3v) is 6.27. The molecule has 1 heterocycles. The van der Waals surface area contributed by atoms with E-state index in [-0.39, 0.29) is 11.4 Å². The molecule has 0 unspecified atom stereocenters. The normalized spacial score (nSPS) is 14.8. The van der Waals surface area contributed by atoms with Crippen LogP contribution in [0.1, 0.15) is 5.56 Å². The van der Waals surface area contributed by atoms with Crippen molar-refractivity contribution in [1.82, 2.24) is 4.90 Å². The van der Waals surface area contributed by atoms with Gasteiger partial charge in [0.05, 0.1) is 4.91 Å². The van der Waals surface area contributed by atoms with E-state index in [0.717, 1.165) is 26.0 Å². The van der Waals surface area contributed by atoms with Gasteiger partial charge >= 0.3 is 0 Å². The average molecular weight is 519 g/mol. The van der Waals surface area contributed by atoms with Crippen LogP contribution < -0.4 is 10.1 Å². The number of nitrogens with one attached hydrogen (secondary N) is 1. The molecule has 0 aromatic heterocycles. The van der Waals surface area contributed by atoms with Crippen molar-refractivity contribution in [3.63, 3.8) is 0 Å². The summed E-state index contributed by atoms with van der Waals surface area (Å²) in [4.78, 5) is 39.7. The summed E-state index contributed by atoms with van der Waals surface area (Å²) in [5.74, 6) is -0.404. The minimum absolute atomic E-state index is 0.226. The fourth-order valence-electron chi connectivity index (χ4n) is 2.73. The number of nitrogens with zero attached hydrogens (tertiary/aromatic N) is 1. The largest absolute Gasteiger partial charge is 0.489 e. The summed E-state index contributed by atoms with van der Waals surface area (Å²) in [6.45, 7) is 3.58. The zero-order chi connectivity index (χ0) is 22.4. The van der Waals surface area contributed by atoms with Crippen LogP contribution >= 0.6 is 39.5 Å². The Labute approximate surface area is 197 Å². The number of hydrogen-bond acceptors (Lipinski definition) is 6. The monoisotopic (exact) mass is 518 g/mol. The summed E-state index contributed by atoms with van der Waals surface area (Å²) in [6.07, 6.45) is 5.15. The Kier molecular flexibility index (Phi) is 8.00. The van der Waals surface area contributed by atoms with Crippen molar-refractivity contribution in [3.8, 4) is 5.75 Å². The minimum atomic E-state index is -0.516. The number of rotatable bonds is 8. The van der Waals surface area contributed by atoms with Gasteiger partial charge in [0.2, 0.25) is 5.91 Å². The third-order valence-electron chi connectivity index (χ3n) is 4.14. The van der Waals surface area contributed by atoms with Crippen LogP contribution in [-0.4, -0.2) is 41.4 Å². The molecule has 1 saturated heterocycles. The number of halogens is 1. The van der Waals surface area contributed by atoms with Gasteiger partial charge in [-0.1, -0.05) is 34.7 Å². The molecule has 160 valence electrons. The lowest BCUT2D eigenvalue weighted by Gasteiger charge is -2.13. The van der Waals surface area contributed by atoms with Gasteiger partial charge in [-0.2, -0.15) is 0 Å². The Morgan fingerprint density at radius 2 is 2.10 bits per heavy atom. The molecular weight excluding hydrogens is 500 g/mol. The second-order valence-electron chi connectivity index (χ2n) is 6.33. The number of hydrogen-bond donors (Lipinski definition) is 1. The minimum Gasteiger partial charge on any atom is -0.489 e. The molecule has 3 amide bonds. The van der Waals surface area contributed by atoms with Gasteiger partial charge in [-0.3, -0.25) is 19.3 Å². The number of amides is 3. The van der Waals surface area contributed by atoms with Crippen molar-refractivity contribution in [2.24, 2.45) is 0 Å². The van der Waals surface area contributed by atoms with Crippen molar-refractivity contribution in [1.29, 1.82) is 0 Å². The van der Waals surface area contributed by atoms with E-state index in [9.17, 15) is 14.4 Å². The summed E-state index contributed by atoms with van der Waals surface area (Å²) < 4.78 is 6.42. The van der Waals surface area contributed by atoms with Crippen LogP contribution in [0.4, 0.5) is 10.5 Å². The number of benzene rings is 2. The van der Waals surface area contributed by atoms with Crippen molar-refractivity contribution < 1.29 is 19.1 Å². The first-order valence-corrected chi connectivity index (χ1v) is 12.0. The highest BCUT2D eigenvalue weighted by molar-refractivity contribution is 9.10. The predicted octanol–water partition coefficient (Wildman–Crippen LogP) is 5.41. The number of carbonyl (C=O) groups is 3. The van der Waals surface area contributed by atoms with Gasteiger partial charge in [-0.25, -0.2) is 0 Å². The van der Waals surface area contributed by atoms with E-state index in [1.807, 2.05) is 30.5 Å². The van der Waals surface area contributed by atoms with Gasteiger partial charge in [0.15, 0.2) is 0 Å². The van der Waals surface area contributed by atoms with E-state index in [0.29, 0.717) is 23.6 Å². The van der Waals surface area contributed by atoms with Crippen molar-refractivity contribution in [3.05, 3.63) is 70.1 Å². The lowest BCUT2D eigenvalue weighted by Crippen LogP contribution is -2.36. The number of imide groups is 1. The van der Waals surface area contributed by atoms with E-state index in [4.69, 9.17) is 4.74 Å². The van der Waals surface area contributed by atoms with Gasteiger partial charge in [-0.05, 0) is 60.5 Å². The summed E-state index contributed by atoms with van der Waals surface area (Å²) in [7, 11) is 0. The molecule has 0 bridgehead atoms. The first-order chi connectivity index (χ1) is 14.9. The molecule has 9 heteroatoms. The smallest absolute Gasteiger partial charge is 0.294 e. The van der Waals surface area contributed by atoms with Gasteiger partial charge in [0.1, 0.15) is 18.9 Å². The highest BCUT2D eigenvalue weighted by Gasteiger charge is 2.36. The Hall–Kier alpha value is -2.49. The van der Waals surface area contributed by atoms with Crippen molar-refractivity contribution in [2.75, 3.05) is 24.7 Å². The van der Waals surface area contributed by atoms with E-state index in [1.54, 1.807) is 42.1 Å². The second-order valence-corrected chi connectivity index (χ2v) is 9.12. The summed E-state index contributed by atoms with van der Waals surface area (Å²) >= 11 is 5.74. The maximum Gasteiger partial charge on any atom is 0.294 e. The van der Waals surface area contributed by atoms with Gasteiger partial charge in [-0.15, -0.1) is 11.8 Å². The zero-order valence-corrected chi connectivity index (χ0v) is 19.8. The first-order valence-electron chi connectivity index (χ1n) is 9.14. The quantitative estimate of drug-likeness (QED) is 0.286. The topological polar surface area (TPSA) is 75.7 Å². The molecule has 0 aliphatic carbocycles. The molecule has 0 radical (unpaired) electrons. The van der Waals surface area contributed by atoms with Crippen LogP contribution in [0.25, 0.3) is 6.08 Å². The average Bonchev–Trinajstić information content (AvgIpc) is 3.00. The molecule has 2 aromatic carbocycles. The molecule has 0 spiro atoms. The van der Waals surface area contributed by atoms with E-state index in [1.165, 1.54) is 0 Å². The Morgan fingerprint density at radius 3 is 2.84 bits per heavy atom. The maximum absolute atomic E-state index is 12.8. The number of anilines is 1. The lowest BCUT2D eigenvalue weighted by molar-refractivity contribution is -0.127. The van der Waals surface area contributed by atoms with Crippen molar-refractivity contribution >= 4 is 68.3 Å². The molecule has 3 rings (SSSR count). The zero-order valence-electron chi connectivity index (χ0n) is 16.6. The van der Waals surface area contributed by atoms with Crippen LogP contribution in [0, 0.1) is 0 Å². The van der Waals surface area contributed by atoms with Crippen LogP contribution in [0.5, 0.6) is 5.75 Å². The van der Waals surface area contributed by atoms with Crippen LogP contribution in [0.15, 0.2) is 69.4 Å². The Morgan fingerprint density at radius 1 is 1.29 bits per heavy atom. The molecule has 6 nitrogen and oxygen atoms in total. The highest BCUT2D eigenvalue weighted by Crippen LogP contribution is 2.35. The van der Waals surface area contributed by atoms with Gasteiger partial charge < -0.3 is 10.1 Å². The van der Waals surface area contributed by atoms with E-state index < -0.39 is 17.1 Å². The standard InChI is InChI=1S/C22H19BrN2O4S2/c1-3-9-29-18-8-7-15(23)10-14(18)11-19-21(27)25(22(28)31-19)13-20(26)24-16-5-4-6-17(12-16)30-2/h3-8,10-12H,1,9,13H2,2H3,(H,24,26)/b19-11+. The number of ether oxygens (including phenoxy) is 1. The van der Waals surface area contributed by atoms with Gasteiger partial charge in [0, 0.05) is 20.6 Å². The maximum atomic E-state index is 12.8. The molecule has 1 aliphatic heterocycles. The Balaban J connectivity index is 1.74. The van der Waals surface area contributed by atoms with E-state index >= 15 is 0 Å². The Bertz CT molecular complexity index is 1070. The molecule has 1 N–H and O–H groups in total. The molecule has 0 saturated carbocycles. The number of carbonyl (C=O) groups excluding carboxylic acids is 3. The van der Waals surface area contributed by atoms with Crippen molar-refractivity contribution in [2.45, 2.75) is 4.90 Å². The molecular formula is C22H19BrN2O4S2. The fraction of sp³-hybridized carbons (Fsp3) is 0.136.